The molecule has 0 rings (SSSR count). The van der Waals surface area contributed by atoms with Crippen LogP contribution in [-0.2, 0) is 30.9 Å². The van der Waals surface area contributed by atoms with Gasteiger partial charge in [0.15, 0.2) is 0 Å². The quantitative estimate of drug-likeness (QED) is 0.480. The third kappa shape index (κ3) is 9.03. The van der Waals surface area contributed by atoms with Crippen molar-refractivity contribution in [2.45, 2.75) is 0 Å². The molecule has 0 bridgehead atoms. The molecule has 0 aliphatic heterocycles. The Hall–Kier alpha value is -0.0330. The molecule has 2 nitrogen and oxygen atoms in total. The Morgan fingerprint density at radius 3 is 1.50 bits per heavy atom. The van der Waals surface area contributed by atoms with Crippen LogP contribution in [0.2, 0.25) is 0 Å². The van der Waals surface area contributed by atoms with E-state index in [1.165, 1.54) is 0 Å². The van der Waals surface area contributed by atoms with Gasteiger partial charge in [-0.3, -0.25) is 0 Å². The van der Waals surface area contributed by atoms with Crippen LogP contribution in [0.15, 0.2) is 0 Å². The Morgan fingerprint density at radius 1 is 1.17 bits per heavy atom. The minimum atomic E-state index is 0. The van der Waals surface area contributed by atoms with Crippen LogP contribution in [0.3, 0.4) is 0 Å². The van der Waals surface area contributed by atoms with E-state index in [1.54, 1.807) is 10.1 Å². The zero-order valence-corrected chi connectivity index (χ0v) is 4.50. The maximum absolute atomic E-state index is 7.57. The molecule has 0 aliphatic rings. The third-order valence-corrected chi connectivity index (χ3v) is 0.292. The summed E-state index contributed by atoms with van der Waals surface area (Å²) < 4.78 is 0. The normalized spacial score (nSPS) is 4.33. The van der Waals surface area contributed by atoms with Crippen LogP contribution in [0.5, 0.6) is 0 Å². The first-order valence-electron chi connectivity index (χ1n) is 0.763. The summed E-state index contributed by atoms with van der Waals surface area (Å²) in [6.07, 6.45) is 0. The predicted octanol–water partition coefficient (Wildman–Crippen LogP) is 0.0286. The molecule has 0 radical (unpaired) electrons. The minimum Gasteiger partial charge on any atom is 0 e. The maximum Gasteiger partial charge on any atom is 0 e. The van der Waals surface area contributed by atoms with Gasteiger partial charge in [-0.15, -0.1) is 0 Å². The van der Waals surface area contributed by atoms with Crippen molar-refractivity contribution in [2.24, 2.45) is 0 Å². The summed E-state index contributed by atoms with van der Waals surface area (Å²) in [5.74, 6) is 0. The summed E-state index contributed by atoms with van der Waals surface area (Å²) in [7, 11) is 0. The van der Waals surface area contributed by atoms with E-state index >= 15 is 0 Å². The van der Waals surface area contributed by atoms with Crippen molar-refractivity contribution in [1.82, 2.24) is 0 Å². The summed E-state index contributed by atoms with van der Waals surface area (Å²) in [6.45, 7) is 0. The average Bonchev–Trinajstić information content (AvgIpc) is 1.41. The van der Waals surface area contributed by atoms with E-state index in [4.69, 9.17) is 10.5 Å². The molecule has 0 spiro atoms. The van der Waals surface area contributed by atoms with Crippen molar-refractivity contribution in [2.75, 3.05) is 0 Å². The number of hydrogen-bond donors (Lipinski definition) is 0. The van der Waals surface area contributed by atoms with Crippen LogP contribution in [0, 0.1) is 20.6 Å². The molecule has 0 unspecified atom stereocenters. The topological polar surface area (TPSA) is 47.6 Å². The second kappa shape index (κ2) is 8.88. The van der Waals surface area contributed by atoms with Gasteiger partial charge in [0.1, 0.15) is 0 Å². The van der Waals surface area contributed by atoms with E-state index in [9.17, 15) is 0 Å². The largest absolute Gasteiger partial charge is 0 e. The third-order valence-electron chi connectivity index (χ3n) is 0.0707. The molecule has 0 aliphatic carbocycles. The summed E-state index contributed by atoms with van der Waals surface area (Å²) in [5, 5.41) is 18.3. The number of hydrogen-bond acceptors (Lipinski definition) is 2. The predicted molar refractivity (Wildman–Crippen MR) is 11.2 cm³/mol. The van der Waals surface area contributed by atoms with Crippen LogP contribution >= 0.6 is 0 Å². The Labute approximate surface area is 51.9 Å². The van der Waals surface area contributed by atoms with Crippen LogP contribution in [0.1, 0.15) is 0 Å². The Balaban J connectivity index is 0. The van der Waals surface area contributed by atoms with E-state index < -0.39 is 0 Å². The van der Waals surface area contributed by atoms with Crippen molar-refractivity contribution in [3.05, 3.63) is 0 Å². The molecule has 0 saturated heterocycles. The van der Waals surface area contributed by atoms with Gasteiger partial charge in [0.25, 0.3) is 0 Å². The van der Waals surface area contributed by atoms with Crippen molar-refractivity contribution < 1.29 is 30.9 Å². The molecule has 0 aromatic carbocycles. The standard InChI is InChI=1S/2CN.2Ni/c2*1-2;;. The Kier molecular flexibility index (Phi) is 13.8. The Bertz CT molecular complexity index is 74.7. The molecule has 6 heavy (non-hydrogen) atoms. The van der Waals surface area contributed by atoms with Gasteiger partial charge in [-0.1, -0.05) is 0 Å². The molecule has 0 heterocycles. The van der Waals surface area contributed by atoms with Crippen molar-refractivity contribution in [1.29, 1.82) is 10.5 Å². The molecule has 0 amide bonds. The Morgan fingerprint density at radius 2 is 1.50 bits per heavy atom. The van der Waals surface area contributed by atoms with Gasteiger partial charge in [-0.25, -0.2) is 0 Å². The maximum atomic E-state index is 7.57. The summed E-state index contributed by atoms with van der Waals surface area (Å²) in [5.41, 5.74) is 0. The SMILES string of the molecule is N#[C][Ni][C]#N.[Ni]. The van der Waals surface area contributed by atoms with Gasteiger partial charge in [-0.2, -0.15) is 0 Å². The molecule has 0 saturated carbocycles. The first-order valence-corrected chi connectivity index (χ1v) is 1.75. The second-order valence-electron chi connectivity index (χ2n) is 0.220. The van der Waals surface area contributed by atoms with E-state index in [1.807, 2.05) is 0 Å². The van der Waals surface area contributed by atoms with E-state index in [0.29, 0.717) is 14.4 Å². The van der Waals surface area contributed by atoms with Crippen LogP contribution in [0.4, 0.5) is 0 Å². The molecule has 0 fully saturated rings. The average molecular weight is 169 g/mol. The van der Waals surface area contributed by atoms with Gasteiger partial charge in [0, 0.05) is 16.5 Å². The summed E-state index contributed by atoms with van der Waals surface area (Å²) in [4.78, 5) is 0. The van der Waals surface area contributed by atoms with Gasteiger partial charge in [0.2, 0.25) is 0 Å². The van der Waals surface area contributed by atoms with Gasteiger partial charge < -0.3 is 0 Å². The molecular weight excluding hydrogens is 169 g/mol. The van der Waals surface area contributed by atoms with Gasteiger partial charge >= 0.3 is 35.0 Å². The number of nitriles is 2. The fourth-order valence-corrected chi connectivity index (χ4v) is 0.0652. The minimum absolute atomic E-state index is 0. The fourth-order valence-electron chi connectivity index (χ4n) is 0.0158. The van der Waals surface area contributed by atoms with E-state index in [-0.39, 0.29) is 16.5 Å². The van der Waals surface area contributed by atoms with E-state index in [0.717, 1.165) is 0 Å². The molecule has 38 valence electrons. The molecule has 0 aromatic rings. The monoisotopic (exact) mass is 168 g/mol. The van der Waals surface area contributed by atoms with Crippen molar-refractivity contribution >= 4 is 0 Å². The summed E-state index contributed by atoms with van der Waals surface area (Å²) >= 11 is 0.431. The van der Waals surface area contributed by atoms with Crippen LogP contribution < -0.4 is 0 Å². The zero-order valence-electron chi connectivity index (χ0n) is 2.53. The molecule has 4 heteroatoms. The second-order valence-corrected chi connectivity index (χ2v) is 0.909. The van der Waals surface area contributed by atoms with Crippen LogP contribution in [0.25, 0.3) is 0 Å². The zero-order chi connectivity index (χ0) is 4.12. The first kappa shape index (κ1) is 9.35. The molecule has 0 atom stereocenters. The van der Waals surface area contributed by atoms with Crippen molar-refractivity contribution in [3.8, 4) is 10.1 Å². The first-order chi connectivity index (χ1) is 2.41. The molecule has 0 aromatic heterocycles. The van der Waals surface area contributed by atoms with Gasteiger partial charge in [0.05, 0.1) is 0 Å². The van der Waals surface area contributed by atoms with Crippen LogP contribution in [-0.4, -0.2) is 0 Å². The molecule has 0 N–H and O–H groups in total. The van der Waals surface area contributed by atoms with Crippen molar-refractivity contribution in [3.63, 3.8) is 0 Å². The van der Waals surface area contributed by atoms with Gasteiger partial charge in [-0.05, 0) is 0 Å². The van der Waals surface area contributed by atoms with E-state index in [2.05, 4.69) is 0 Å². The number of rotatable bonds is 0. The number of nitrogens with zero attached hydrogens (tertiary/aromatic N) is 2. The summed E-state index contributed by atoms with van der Waals surface area (Å²) in [6, 6.07) is 0. The fraction of sp³-hybridized carbons (Fsp3) is 0. The molecular formula is C2N2Ni2. The smallest absolute Gasteiger partial charge is 0 e.